The fraction of sp³-hybridized carbons (Fsp3) is 0.400. The topological polar surface area (TPSA) is 51.0 Å². The molecule has 1 atom stereocenters. The Morgan fingerprint density at radius 1 is 1.22 bits per heavy atom. The molecule has 1 aromatic carbocycles. The molecule has 0 N–H and O–H groups in total. The first-order valence-corrected chi connectivity index (χ1v) is 7.29. The number of carbonyl (C=O) groups is 1. The van der Waals surface area contributed by atoms with Crippen LogP contribution in [-0.2, 0) is 0 Å². The third-order valence-corrected chi connectivity index (χ3v) is 3.90. The molecule has 0 saturated carbocycles. The summed E-state index contributed by atoms with van der Waals surface area (Å²) in [5.41, 5.74) is 0.780. The summed E-state index contributed by atoms with van der Waals surface area (Å²) in [5, 5.41) is 7.66. The van der Waals surface area contributed by atoms with Crippen LogP contribution >= 0.6 is 0 Å². The van der Waals surface area contributed by atoms with Crippen LogP contribution in [-0.4, -0.2) is 45.1 Å². The molecule has 1 fully saturated rings. The summed E-state index contributed by atoms with van der Waals surface area (Å²) in [5.74, 6) is -1.98. The van der Waals surface area contributed by atoms with E-state index in [4.69, 9.17) is 0 Å². The second-order valence-electron chi connectivity index (χ2n) is 5.52. The van der Waals surface area contributed by atoms with Crippen molar-refractivity contribution in [1.29, 1.82) is 0 Å². The van der Waals surface area contributed by atoms with Crippen molar-refractivity contribution in [2.75, 3.05) is 13.1 Å². The molecule has 122 valence electrons. The zero-order valence-electron chi connectivity index (χ0n) is 12.2. The number of alkyl halides is 3. The number of benzene rings is 1. The number of aromatic nitrogens is 3. The third kappa shape index (κ3) is 3.35. The van der Waals surface area contributed by atoms with Gasteiger partial charge in [-0.1, -0.05) is 23.4 Å². The molecule has 1 saturated heterocycles. The first-order valence-electron chi connectivity index (χ1n) is 7.29. The van der Waals surface area contributed by atoms with E-state index >= 15 is 0 Å². The molecule has 1 amide bonds. The maximum absolute atomic E-state index is 12.8. The Labute approximate surface area is 130 Å². The molecule has 23 heavy (non-hydrogen) atoms. The lowest BCUT2D eigenvalue weighted by Crippen LogP contribution is -2.44. The van der Waals surface area contributed by atoms with Gasteiger partial charge in [0.2, 0.25) is 0 Å². The summed E-state index contributed by atoms with van der Waals surface area (Å²) in [7, 11) is 0. The van der Waals surface area contributed by atoms with Crippen LogP contribution in [0.1, 0.15) is 23.3 Å². The van der Waals surface area contributed by atoms with Gasteiger partial charge in [-0.25, -0.2) is 4.68 Å². The predicted molar refractivity (Wildman–Crippen MR) is 76.0 cm³/mol. The van der Waals surface area contributed by atoms with E-state index < -0.39 is 18.0 Å². The number of hydrogen-bond donors (Lipinski definition) is 0. The fourth-order valence-electron chi connectivity index (χ4n) is 2.66. The summed E-state index contributed by atoms with van der Waals surface area (Å²) < 4.78 is 39.9. The summed E-state index contributed by atoms with van der Waals surface area (Å²) >= 11 is 0. The van der Waals surface area contributed by atoms with Crippen LogP contribution in [0.25, 0.3) is 5.69 Å². The number of halogens is 3. The molecule has 5 nitrogen and oxygen atoms in total. The molecule has 0 aliphatic carbocycles. The Kier molecular flexibility index (Phi) is 4.06. The van der Waals surface area contributed by atoms with Crippen LogP contribution in [0.15, 0.2) is 36.5 Å². The molecular weight excluding hydrogens is 309 g/mol. The number of likely N-dealkylation sites (tertiary alicyclic amines) is 1. The summed E-state index contributed by atoms with van der Waals surface area (Å²) in [6.07, 6.45) is -2.44. The van der Waals surface area contributed by atoms with Crippen LogP contribution in [0.5, 0.6) is 0 Å². The van der Waals surface area contributed by atoms with Crippen molar-refractivity contribution in [3.8, 4) is 5.69 Å². The van der Waals surface area contributed by atoms with E-state index in [1.54, 1.807) is 12.1 Å². The van der Waals surface area contributed by atoms with Crippen LogP contribution < -0.4 is 0 Å². The Bertz CT molecular complexity index is 684. The zero-order chi connectivity index (χ0) is 16.4. The lowest BCUT2D eigenvalue weighted by Gasteiger charge is -2.33. The van der Waals surface area contributed by atoms with E-state index in [-0.39, 0.29) is 18.7 Å². The number of para-hydroxylation sites is 1. The van der Waals surface area contributed by atoms with Gasteiger partial charge in [0, 0.05) is 13.1 Å². The highest BCUT2D eigenvalue weighted by atomic mass is 19.4. The number of nitrogens with zero attached hydrogens (tertiary/aromatic N) is 4. The Morgan fingerprint density at radius 3 is 2.65 bits per heavy atom. The van der Waals surface area contributed by atoms with Gasteiger partial charge in [0.25, 0.3) is 5.91 Å². The number of piperidine rings is 1. The largest absolute Gasteiger partial charge is 0.393 e. The van der Waals surface area contributed by atoms with E-state index in [1.165, 1.54) is 15.8 Å². The van der Waals surface area contributed by atoms with Crippen LogP contribution in [0, 0.1) is 5.92 Å². The molecule has 1 aliphatic heterocycles. The second kappa shape index (κ2) is 6.02. The van der Waals surface area contributed by atoms with Gasteiger partial charge in [-0.3, -0.25) is 4.79 Å². The number of rotatable bonds is 2. The molecule has 3 rings (SSSR count). The maximum atomic E-state index is 12.8. The Balaban J connectivity index is 1.75. The van der Waals surface area contributed by atoms with Gasteiger partial charge in [-0.2, -0.15) is 13.2 Å². The minimum Gasteiger partial charge on any atom is -0.337 e. The zero-order valence-corrected chi connectivity index (χ0v) is 12.2. The highest BCUT2D eigenvalue weighted by Gasteiger charge is 2.43. The molecule has 2 heterocycles. The van der Waals surface area contributed by atoms with Gasteiger partial charge in [-0.15, -0.1) is 5.10 Å². The van der Waals surface area contributed by atoms with Gasteiger partial charge >= 0.3 is 6.18 Å². The van der Waals surface area contributed by atoms with Crippen molar-refractivity contribution in [3.05, 3.63) is 42.2 Å². The van der Waals surface area contributed by atoms with Crippen molar-refractivity contribution in [2.45, 2.75) is 19.0 Å². The van der Waals surface area contributed by atoms with Gasteiger partial charge in [0.05, 0.1) is 17.8 Å². The fourth-order valence-corrected chi connectivity index (χ4v) is 2.66. The first kappa shape index (κ1) is 15.5. The van der Waals surface area contributed by atoms with Crippen LogP contribution in [0.4, 0.5) is 13.2 Å². The minimum atomic E-state index is -4.28. The van der Waals surface area contributed by atoms with Crippen molar-refractivity contribution in [1.82, 2.24) is 19.9 Å². The normalized spacial score (nSPS) is 18.9. The standard InChI is InChI=1S/C15H15F3N4O/c16-15(17,18)11-5-4-8-21(9-11)14(23)13-10-22(20-19-13)12-6-2-1-3-7-12/h1-3,6-7,10-11H,4-5,8-9H2. The second-order valence-corrected chi connectivity index (χ2v) is 5.52. The number of hydrogen-bond acceptors (Lipinski definition) is 3. The smallest absolute Gasteiger partial charge is 0.337 e. The molecule has 2 aromatic rings. The minimum absolute atomic E-state index is 0.0525. The molecular formula is C15H15F3N4O. The van der Waals surface area contributed by atoms with Crippen molar-refractivity contribution >= 4 is 5.91 Å². The third-order valence-electron chi connectivity index (χ3n) is 3.90. The molecule has 1 aliphatic rings. The summed E-state index contributed by atoms with van der Waals surface area (Å²) in [6, 6.07) is 9.07. The molecule has 1 unspecified atom stereocenters. The SMILES string of the molecule is O=C(c1cn(-c2ccccc2)nn1)N1CCCC(C(F)(F)F)C1. The number of amides is 1. The highest BCUT2D eigenvalue weighted by molar-refractivity contribution is 5.92. The van der Waals surface area contributed by atoms with Gasteiger partial charge in [0.15, 0.2) is 5.69 Å². The summed E-state index contributed by atoms with van der Waals surface area (Å²) in [6.45, 7) is -0.00978. The monoisotopic (exact) mass is 324 g/mol. The van der Waals surface area contributed by atoms with E-state index in [1.807, 2.05) is 18.2 Å². The molecule has 8 heteroatoms. The predicted octanol–water partition coefficient (Wildman–Crippen LogP) is 2.68. The Hall–Kier alpha value is -2.38. The van der Waals surface area contributed by atoms with Gasteiger partial charge < -0.3 is 4.90 Å². The number of carbonyl (C=O) groups excluding carboxylic acids is 1. The molecule has 0 bridgehead atoms. The average molecular weight is 324 g/mol. The molecule has 0 spiro atoms. The average Bonchev–Trinajstić information content (AvgIpc) is 3.04. The van der Waals surface area contributed by atoms with E-state index in [0.717, 1.165) is 5.69 Å². The molecule has 1 aromatic heterocycles. The van der Waals surface area contributed by atoms with Gasteiger partial charge in [-0.05, 0) is 25.0 Å². The van der Waals surface area contributed by atoms with Crippen molar-refractivity contribution in [2.24, 2.45) is 5.92 Å². The quantitative estimate of drug-likeness (QED) is 0.853. The van der Waals surface area contributed by atoms with Crippen molar-refractivity contribution in [3.63, 3.8) is 0 Å². The lowest BCUT2D eigenvalue weighted by atomic mass is 9.97. The van der Waals surface area contributed by atoms with E-state index in [0.29, 0.717) is 13.0 Å². The molecule has 0 radical (unpaired) electrons. The first-order chi connectivity index (χ1) is 10.9. The van der Waals surface area contributed by atoms with E-state index in [9.17, 15) is 18.0 Å². The lowest BCUT2D eigenvalue weighted by molar-refractivity contribution is -0.184. The van der Waals surface area contributed by atoms with Crippen LogP contribution in [0.2, 0.25) is 0 Å². The van der Waals surface area contributed by atoms with Crippen molar-refractivity contribution < 1.29 is 18.0 Å². The van der Waals surface area contributed by atoms with Crippen LogP contribution in [0.3, 0.4) is 0 Å². The maximum Gasteiger partial charge on any atom is 0.393 e. The Morgan fingerprint density at radius 2 is 1.96 bits per heavy atom. The van der Waals surface area contributed by atoms with E-state index in [2.05, 4.69) is 10.3 Å². The highest BCUT2D eigenvalue weighted by Crippen LogP contribution is 2.33. The van der Waals surface area contributed by atoms with Gasteiger partial charge in [0.1, 0.15) is 0 Å². The summed E-state index contributed by atoms with van der Waals surface area (Å²) in [4.78, 5) is 13.6.